The Morgan fingerprint density at radius 1 is 1.10 bits per heavy atom. The molecule has 1 aliphatic rings. The summed E-state index contributed by atoms with van der Waals surface area (Å²) in [6, 6.07) is 0.536. The second-order valence-electron chi connectivity index (χ2n) is 6.30. The first-order chi connectivity index (χ1) is 13.9. The number of nitrogens with two attached hydrogens (primary N) is 1. The van der Waals surface area contributed by atoms with Crippen LogP contribution in [0.1, 0.15) is 66.7 Å². The molecule has 1 fully saturated rings. The van der Waals surface area contributed by atoms with E-state index in [0.29, 0.717) is 18.0 Å². The van der Waals surface area contributed by atoms with Crippen molar-refractivity contribution in [3.8, 4) is 0 Å². The van der Waals surface area contributed by atoms with Crippen molar-refractivity contribution in [3.05, 3.63) is 36.7 Å². The monoisotopic (exact) mass is 410 g/mol. The summed E-state index contributed by atoms with van der Waals surface area (Å²) in [5.74, 6) is -1.42. The first kappa shape index (κ1) is 31.6. The molecule has 1 amide bonds. The van der Waals surface area contributed by atoms with Gasteiger partial charge in [-0.2, -0.15) is 0 Å². The zero-order valence-corrected chi connectivity index (χ0v) is 19.1. The van der Waals surface area contributed by atoms with Crippen molar-refractivity contribution in [2.24, 2.45) is 17.6 Å². The Morgan fingerprint density at radius 2 is 1.62 bits per heavy atom. The predicted octanol–water partition coefficient (Wildman–Crippen LogP) is 4.00. The Labute approximate surface area is 177 Å². The van der Waals surface area contributed by atoms with Gasteiger partial charge >= 0.3 is 0 Å². The van der Waals surface area contributed by atoms with E-state index >= 15 is 0 Å². The van der Waals surface area contributed by atoms with Crippen LogP contribution in [0, 0.1) is 11.8 Å². The molecule has 0 aromatic carbocycles. The molecule has 0 saturated heterocycles. The number of hydrogen-bond donors (Lipinski definition) is 2. The van der Waals surface area contributed by atoms with E-state index < -0.39 is 5.92 Å². The van der Waals surface area contributed by atoms with Crippen LogP contribution < -0.4 is 5.73 Å². The van der Waals surface area contributed by atoms with Gasteiger partial charge in [-0.25, -0.2) is 0 Å². The Morgan fingerprint density at radius 3 is 1.93 bits per heavy atom. The third kappa shape index (κ3) is 15.5. The average Bonchev–Trinajstić information content (AvgIpc) is 2.78. The molecule has 1 aliphatic carbocycles. The number of rotatable bonds is 7. The zero-order chi connectivity index (χ0) is 23.2. The fourth-order valence-corrected chi connectivity index (χ4v) is 2.40. The van der Waals surface area contributed by atoms with E-state index in [-0.39, 0.29) is 11.8 Å². The number of carbonyl (C=O) groups excluding carboxylic acids is 3. The highest BCUT2D eigenvalue weighted by Gasteiger charge is 2.20. The molecule has 1 saturated carbocycles. The molecule has 0 spiro atoms. The van der Waals surface area contributed by atoms with E-state index in [4.69, 9.17) is 10.8 Å². The minimum Gasteiger partial charge on any atom is -0.400 e. The highest BCUT2D eigenvalue weighted by atomic mass is 16.2. The Balaban J connectivity index is -0.000000504. The molecule has 0 bridgehead atoms. The van der Waals surface area contributed by atoms with E-state index in [1.54, 1.807) is 32.2 Å². The molecule has 0 aliphatic heterocycles. The van der Waals surface area contributed by atoms with E-state index in [1.807, 2.05) is 13.8 Å². The van der Waals surface area contributed by atoms with E-state index in [9.17, 15) is 14.4 Å². The van der Waals surface area contributed by atoms with Gasteiger partial charge in [-0.15, -0.1) is 0 Å². The fourth-order valence-electron chi connectivity index (χ4n) is 2.40. The molecule has 0 aromatic rings. The molecule has 29 heavy (non-hydrogen) atoms. The first-order valence-electron chi connectivity index (χ1n) is 10.3. The van der Waals surface area contributed by atoms with Crippen molar-refractivity contribution in [2.45, 2.75) is 72.8 Å². The van der Waals surface area contributed by atoms with E-state index in [0.717, 1.165) is 13.4 Å². The number of aldehydes is 2. The lowest BCUT2D eigenvalue weighted by Crippen LogP contribution is -2.30. The van der Waals surface area contributed by atoms with Gasteiger partial charge in [0.05, 0.1) is 5.92 Å². The number of hydrogen-bond acceptors (Lipinski definition) is 5. The van der Waals surface area contributed by atoms with Gasteiger partial charge in [-0.1, -0.05) is 58.8 Å². The molecular weight excluding hydrogens is 368 g/mol. The van der Waals surface area contributed by atoms with Gasteiger partial charge in [-0.05, 0) is 32.8 Å². The predicted molar refractivity (Wildman–Crippen MR) is 121 cm³/mol. The van der Waals surface area contributed by atoms with Gasteiger partial charge in [0, 0.05) is 31.0 Å². The van der Waals surface area contributed by atoms with Gasteiger partial charge < -0.3 is 20.4 Å². The lowest BCUT2D eigenvalue weighted by atomic mass is 9.97. The van der Waals surface area contributed by atoms with Crippen molar-refractivity contribution >= 4 is 18.5 Å². The van der Waals surface area contributed by atoms with Gasteiger partial charge in [0.1, 0.15) is 12.6 Å². The Bertz CT molecular complexity index is 495. The Kier molecular flexibility index (Phi) is 24.3. The van der Waals surface area contributed by atoms with Gasteiger partial charge in [0.25, 0.3) is 0 Å². The topological polar surface area (TPSA) is 101 Å². The van der Waals surface area contributed by atoms with Crippen molar-refractivity contribution in [1.29, 1.82) is 0 Å². The van der Waals surface area contributed by atoms with Crippen molar-refractivity contribution in [2.75, 3.05) is 7.11 Å². The van der Waals surface area contributed by atoms with Crippen molar-refractivity contribution in [3.63, 3.8) is 0 Å². The second-order valence-corrected chi connectivity index (χ2v) is 6.30. The smallest absolute Gasteiger partial charge is 0.241 e. The van der Waals surface area contributed by atoms with Crippen LogP contribution in [0.15, 0.2) is 36.7 Å². The molecule has 6 nitrogen and oxygen atoms in total. The molecule has 2 atom stereocenters. The summed E-state index contributed by atoms with van der Waals surface area (Å²) in [4.78, 5) is 34.6. The van der Waals surface area contributed by atoms with Crippen molar-refractivity contribution < 1.29 is 19.5 Å². The molecule has 1 rings (SSSR count). The first-order valence-corrected chi connectivity index (χ1v) is 10.3. The zero-order valence-electron chi connectivity index (χ0n) is 19.1. The molecule has 2 unspecified atom stereocenters. The summed E-state index contributed by atoms with van der Waals surface area (Å²) in [5, 5.41) is 7.00. The average molecular weight is 411 g/mol. The summed E-state index contributed by atoms with van der Waals surface area (Å²) in [5.41, 5.74) is 6.13. The summed E-state index contributed by atoms with van der Waals surface area (Å²) < 4.78 is 0. The van der Waals surface area contributed by atoms with Crippen LogP contribution in [0.5, 0.6) is 0 Å². The summed E-state index contributed by atoms with van der Waals surface area (Å²) >= 11 is 0. The number of amides is 1. The van der Waals surface area contributed by atoms with Gasteiger partial charge in [0.2, 0.25) is 5.91 Å². The van der Waals surface area contributed by atoms with E-state index in [1.165, 1.54) is 50.0 Å². The third-order valence-corrected chi connectivity index (χ3v) is 3.91. The van der Waals surface area contributed by atoms with Crippen LogP contribution in [0.2, 0.25) is 0 Å². The molecule has 0 aromatic heterocycles. The summed E-state index contributed by atoms with van der Waals surface area (Å²) in [6.45, 7) is 12.6. The molecule has 0 heterocycles. The van der Waals surface area contributed by atoms with E-state index in [2.05, 4.69) is 6.58 Å². The molecule has 6 heteroatoms. The largest absolute Gasteiger partial charge is 0.400 e. The standard InChI is InChI=1S/C14H19NO3.C6H13N.C2H6.CH4O/c1-5-7-15(14(18)12(4)10-17)13(6-2)8-11(3)9-16;7-6-4-2-1-3-5-6;2*1-2/h5-12H,2H2,1,3-4H3;6H,1-5,7H2;1-2H3;2H,1H3/b7-5-,13-8?;;;. The highest BCUT2D eigenvalue weighted by Crippen LogP contribution is 2.15. The normalized spacial score (nSPS) is 15.8. The van der Waals surface area contributed by atoms with Crippen molar-refractivity contribution in [1.82, 2.24) is 4.90 Å². The molecular formula is C23H42N2O4. The van der Waals surface area contributed by atoms with Crippen LogP contribution in [0.4, 0.5) is 0 Å². The van der Waals surface area contributed by atoms with Crippen LogP contribution in [0.3, 0.4) is 0 Å². The Hall–Kier alpha value is -2.05. The number of aliphatic hydroxyl groups excluding tert-OH is 1. The fraction of sp³-hybridized carbons (Fsp3) is 0.609. The maximum absolute atomic E-state index is 12.0. The van der Waals surface area contributed by atoms with Gasteiger partial charge in [-0.3, -0.25) is 9.69 Å². The summed E-state index contributed by atoms with van der Waals surface area (Å²) in [6.07, 6.45) is 14.3. The third-order valence-electron chi connectivity index (χ3n) is 3.91. The lowest BCUT2D eigenvalue weighted by Gasteiger charge is -2.21. The molecule has 168 valence electrons. The van der Waals surface area contributed by atoms with Crippen LogP contribution in [-0.2, 0) is 14.4 Å². The number of carbonyl (C=O) groups is 3. The lowest BCUT2D eigenvalue weighted by molar-refractivity contribution is -0.133. The second kappa shape index (κ2) is 22.2. The molecule has 0 radical (unpaired) electrons. The number of aliphatic hydroxyl groups is 1. The number of allylic oxidation sites excluding steroid dienone is 3. The minimum atomic E-state index is -0.740. The van der Waals surface area contributed by atoms with Crippen LogP contribution >= 0.6 is 0 Å². The minimum absolute atomic E-state index is 0.329. The van der Waals surface area contributed by atoms with Crippen LogP contribution in [-0.4, -0.2) is 41.6 Å². The highest BCUT2D eigenvalue weighted by molar-refractivity contribution is 5.93. The maximum atomic E-state index is 12.0. The summed E-state index contributed by atoms with van der Waals surface area (Å²) in [7, 11) is 1.00. The quantitative estimate of drug-likeness (QED) is 0.375. The molecule has 3 N–H and O–H groups in total. The van der Waals surface area contributed by atoms with Crippen LogP contribution in [0.25, 0.3) is 0 Å². The number of nitrogens with zero attached hydrogens (tertiary/aromatic N) is 1. The maximum Gasteiger partial charge on any atom is 0.241 e. The SMILES string of the molecule is C=CC(=CC(C)C=O)N(/C=C\C)C(=O)C(C)C=O.CC.CO.NC1CCCCC1. The van der Waals surface area contributed by atoms with Gasteiger partial charge in [0.15, 0.2) is 0 Å².